The van der Waals surface area contributed by atoms with E-state index < -0.39 is 12.8 Å². The molecule has 70 valence electrons. The molecule has 0 rings (SSSR count). The summed E-state index contributed by atoms with van der Waals surface area (Å²) in [7, 11) is 0. The molecule has 0 bridgehead atoms. The van der Waals surface area contributed by atoms with Crippen molar-refractivity contribution in [2.75, 3.05) is 6.61 Å². The average molecular weight is 181 g/mol. The number of allylic oxidation sites excluding steroid dienone is 2. The normalized spacial score (nSPS) is 13.7. The van der Waals surface area contributed by atoms with Crippen molar-refractivity contribution in [3.8, 4) is 0 Å². The molecule has 0 amide bonds. The van der Waals surface area contributed by atoms with Crippen LogP contribution in [0.5, 0.6) is 0 Å². The van der Waals surface area contributed by atoms with E-state index in [1.807, 2.05) is 0 Å². The largest absolute Gasteiger partial charge is 0.470 e. The fraction of sp³-hybridized carbons (Fsp3) is 0.429. The van der Waals surface area contributed by atoms with Gasteiger partial charge in [-0.25, -0.2) is 0 Å². The van der Waals surface area contributed by atoms with Crippen LogP contribution < -0.4 is 5.73 Å². The lowest BCUT2D eigenvalue weighted by atomic mass is 10.3. The summed E-state index contributed by atoms with van der Waals surface area (Å²) in [6.07, 6.45) is -3.03. The highest BCUT2D eigenvalue weighted by Gasteiger charge is 2.28. The molecule has 0 saturated heterocycles. The van der Waals surface area contributed by atoms with E-state index in [1.165, 1.54) is 13.0 Å². The number of halogens is 3. The predicted octanol–water partition coefficient (Wildman–Crippen LogP) is 1.94. The van der Waals surface area contributed by atoms with Crippen LogP contribution in [0.15, 0.2) is 24.1 Å². The van der Waals surface area contributed by atoms with Gasteiger partial charge in [0, 0.05) is 5.57 Å². The van der Waals surface area contributed by atoms with Gasteiger partial charge in [-0.2, -0.15) is 13.2 Å². The van der Waals surface area contributed by atoms with Crippen molar-refractivity contribution in [3.05, 3.63) is 24.1 Å². The number of ether oxygens (including phenoxy) is 1. The van der Waals surface area contributed by atoms with E-state index >= 15 is 0 Å². The highest BCUT2D eigenvalue weighted by atomic mass is 19.4. The second-order valence-corrected chi connectivity index (χ2v) is 2.16. The third-order valence-electron chi connectivity index (χ3n) is 1.09. The van der Waals surface area contributed by atoms with E-state index in [-0.39, 0.29) is 5.88 Å². The highest BCUT2D eigenvalue weighted by molar-refractivity contribution is 5.15. The molecule has 12 heavy (non-hydrogen) atoms. The van der Waals surface area contributed by atoms with Crippen molar-refractivity contribution < 1.29 is 17.9 Å². The average Bonchev–Trinajstić information content (AvgIpc) is 1.97. The number of hydrogen-bond donors (Lipinski definition) is 1. The highest BCUT2D eigenvalue weighted by Crippen LogP contribution is 2.16. The summed E-state index contributed by atoms with van der Waals surface area (Å²) in [6, 6.07) is 0. The molecule has 0 unspecified atom stereocenters. The zero-order valence-electron chi connectivity index (χ0n) is 6.61. The predicted molar refractivity (Wildman–Crippen MR) is 39.1 cm³/mol. The fourth-order valence-corrected chi connectivity index (χ4v) is 0.374. The van der Waals surface area contributed by atoms with Crippen molar-refractivity contribution in [2.45, 2.75) is 13.1 Å². The van der Waals surface area contributed by atoms with Crippen molar-refractivity contribution >= 4 is 0 Å². The number of alkyl halides is 3. The molecular formula is C7H10F3NO. The minimum Gasteiger partial charge on any atom is -0.470 e. The van der Waals surface area contributed by atoms with Crippen LogP contribution in [0.25, 0.3) is 0 Å². The smallest absolute Gasteiger partial charge is 0.422 e. The van der Waals surface area contributed by atoms with Gasteiger partial charge in [0.25, 0.3) is 0 Å². The number of hydrogen-bond acceptors (Lipinski definition) is 2. The fourth-order valence-electron chi connectivity index (χ4n) is 0.374. The van der Waals surface area contributed by atoms with Gasteiger partial charge in [-0.3, -0.25) is 0 Å². The Morgan fingerprint density at radius 1 is 1.58 bits per heavy atom. The van der Waals surface area contributed by atoms with Crippen LogP contribution in [0.2, 0.25) is 0 Å². The van der Waals surface area contributed by atoms with Crippen LogP contribution in [0.3, 0.4) is 0 Å². The molecule has 0 aliphatic carbocycles. The van der Waals surface area contributed by atoms with E-state index in [0.717, 1.165) is 0 Å². The van der Waals surface area contributed by atoms with Gasteiger partial charge in [0.1, 0.15) is 0 Å². The third-order valence-corrected chi connectivity index (χ3v) is 1.09. The minimum absolute atomic E-state index is 0.248. The van der Waals surface area contributed by atoms with Gasteiger partial charge < -0.3 is 10.5 Å². The Kier molecular flexibility index (Phi) is 3.66. The Morgan fingerprint density at radius 3 is 2.42 bits per heavy atom. The first-order chi connectivity index (χ1) is 5.37. The quantitative estimate of drug-likeness (QED) is 0.533. The maximum absolute atomic E-state index is 11.6. The second kappa shape index (κ2) is 4.04. The lowest BCUT2D eigenvalue weighted by Gasteiger charge is -2.09. The SMILES string of the molecule is C=C/C(C)=C(\N)OCC(F)(F)F. The monoisotopic (exact) mass is 181 g/mol. The molecule has 0 heterocycles. The lowest BCUT2D eigenvalue weighted by Crippen LogP contribution is -2.19. The summed E-state index contributed by atoms with van der Waals surface area (Å²) in [4.78, 5) is 0. The van der Waals surface area contributed by atoms with E-state index in [0.29, 0.717) is 5.57 Å². The first-order valence-corrected chi connectivity index (χ1v) is 3.15. The van der Waals surface area contributed by atoms with Crippen LogP contribution in [0, 0.1) is 0 Å². The Hall–Kier alpha value is -1.13. The van der Waals surface area contributed by atoms with Gasteiger partial charge in [-0.05, 0) is 6.92 Å². The Labute approximate surface area is 68.5 Å². The Morgan fingerprint density at radius 2 is 2.08 bits per heavy atom. The van der Waals surface area contributed by atoms with E-state index in [2.05, 4.69) is 11.3 Å². The zero-order valence-corrected chi connectivity index (χ0v) is 6.61. The molecule has 2 nitrogen and oxygen atoms in total. The van der Waals surface area contributed by atoms with Gasteiger partial charge in [0.05, 0.1) is 0 Å². The molecule has 2 N–H and O–H groups in total. The van der Waals surface area contributed by atoms with Crippen molar-refractivity contribution in [3.63, 3.8) is 0 Å². The zero-order chi connectivity index (χ0) is 9.78. The molecule has 0 aromatic rings. The number of rotatable bonds is 3. The molecule has 5 heteroatoms. The summed E-state index contributed by atoms with van der Waals surface area (Å²) in [5.74, 6) is -0.248. The maximum Gasteiger partial charge on any atom is 0.422 e. The van der Waals surface area contributed by atoms with Gasteiger partial charge in [0.15, 0.2) is 12.5 Å². The van der Waals surface area contributed by atoms with Crippen LogP contribution in [-0.4, -0.2) is 12.8 Å². The summed E-state index contributed by atoms with van der Waals surface area (Å²) >= 11 is 0. The Balaban J connectivity index is 4.03. The van der Waals surface area contributed by atoms with E-state index in [4.69, 9.17) is 5.73 Å². The molecule has 0 radical (unpaired) electrons. The third kappa shape index (κ3) is 4.65. The summed E-state index contributed by atoms with van der Waals surface area (Å²) in [6.45, 7) is 3.47. The van der Waals surface area contributed by atoms with Gasteiger partial charge in [-0.1, -0.05) is 12.7 Å². The molecule has 0 spiro atoms. The standard InChI is InChI=1S/C7H10F3NO/c1-3-5(2)6(11)12-4-7(8,9)10/h3H,1,4,11H2,2H3/b6-5+. The molecular weight excluding hydrogens is 171 g/mol. The van der Waals surface area contributed by atoms with E-state index in [1.54, 1.807) is 0 Å². The second-order valence-electron chi connectivity index (χ2n) is 2.16. The lowest BCUT2D eigenvalue weighted by molar-refractivity contribution is -0.165. The summed E-state index contributed by atoms with van der Waals surface area (Å²) in [5.41, 5.74) is 5.51. The molecule has 0 fully saturated rings. The minimum atomic E-state index is -4.36. The topological polar surface area (TPSA) is 35.2 Å². The van der Waals surface area contributed by atoms with Gasteiger partial charge >= 0.3 is 6.18 Å². The molecule has 0 aromatic carbocycles. The Bertz CT molecular complexity index is 195. The van der Waals surface area contributed by atoms with Crippen molar-refractivity contribution in [1.29, 1.82) is 0 Å². The maximum atomic E-state index is 11.6. The van der Waals surface area contributed by atoms with E-state index in [9.17, 15) is 13.2 Å². The first-order valence-electron chi connectivity index (χ1n) is 3.15. The number of nitrogens with two attached hydrogens (primary N) is 1. The summed E-state index contributed by atoms with van der Waals surface area (Å²) in [5, 5.41) is 0. The van der Waals surface area contributed by atoms with Crippen LogP contribution in [0.1, 0.15) is 6.92 Å². The molecule has 0 aromatic heterocycles. The first kappa shape index (κ1) is 10.9. The molecule has 0 saturated carbocycles. The molecule has 0 aliphatic heterocycles. The van der Waals surface area contributed by atoms with Crippen LogP contribution in [-0.2, 0) is 4.74 Å². The van der Waals surface area contributed by atoms with Crippen molar-refractivity contribution in [1.82, 2.24) is 0 Å². The van der Waals surface area contributed by atoms with Crippen LogP contribution >= 0.6 is 0 Å². The van der Waals surface area contributed by atoms with Crippen LogP contribution in [0.4, 0.5) is 13.2 Å². The molecule has 0 aliphatic rings. The van der Waals surface area contributed by atoms with Crippen molar-refractivity contribution in [2.24, 2.45) is 5.73 Å². The summed E-state index contributed by atoms with van der Waals surface area (Å²) < 4.78 is 38.9. The molecule has 0 atom stereocenters. The van der Waals surface area contributed by atoms with Gasteiger partial charge in [0.2, 0.25) is 0 Å². The van der Waals surface area contributed by atoms with Gasteiger partial charge in [-0.15, -0.1) is 0 Å².